The maximum Gasteiger partial charge on any atom is 0.514 e. The van der Waals surface area contributed by atoms with Crippen LogP contribution in [0.4, 0.5) is 0 Å². The van der Waals surface area contributed by atoms with Crippen molar-refractivity contribution in [1.29, 1.82) is 0 Å². The zero-order valence-electron chi connectivity index (χ0n) is 14.5. The predicted octanol–water partition coefficient (Wildman–Crippen LogP) is 1.87. The highest BCUT2D eigenvalue weighted by atomic mass is 16.7. The summed E-state index contributed by atoms with van der Waals surface area (Å²) in [6.45, 7) is 15.0. The fraction of sp³-hybridized carbons (Fsp3) is 0.800. The summed E-state index contributed by atoms with van der Waals surface area (Å²) in [7, 11) is 1.29. The van der Waals surface area contributed by atoms with Crippen LogP contribution in [0, 0.1) is 6.92 Å². The highest BCUT2D eigenvalue weighted by Crippen LogP contribution is 2.37. The van der Waals surface area contributed by atoms with Crippen molar-refractivity contribution in [1.82, 2.24) is 9.78 Å². The maximum absolute atomic E-state index is 6.18. The van der Waals surface area contributed by atoms with Gasteiger partial charge in [-0.15, -0.1) is 0 Å². The summed E-state index contributed by atoms with van der Waals surface area (Å²) in [5.74, 6) is 0. The zero-order valence-corrected chi connectivity index (χ0v) is 14.5. The van der Waals surface area contributed by atoms with Crippen molar-refractivity contribution in [3.8, 4) is 0 Å². The Bertz CT molecular complexity index is 507. The molecule has 2 heterocycles. The number of rotatable bonds is 4. The Kier molecular flexibility index (Phi) is 4.02. The van der Waals surface area contributed by atoms with Crippen LogP contribution in [-0.2, 0) is 19.6 Å². The lowest BCUT2D eigenvalue weighted by molar-refractivity contribution is 0.00578. The SMILES string of the molecule is COCC(C)(C)n1ncc(C)c1B1OC(C)(C)C(C)(C)O1. The Morgan fingerprint density at radius 2 is 1.76 bits per heavy atom. The van der Waals surface area contributed by atoms with E-state index in [1.165, 1.54) is 0 Å². The molecule has 5 nitrogen and oxygen atoms in total. The Morgan fingerprint density at radius 3 is 2.24 bits per heavy atom. The first-order valence-corrected chi connectivity index (χ1v) is 7.41. The largest absolute Gasteiger partial charge is 0.514 e. The van der Waals surface area contributed by atoms with Crippen LogP contribution < -0.4 is 5.59 Å². The first kappa shape index (κ1) is 16.5. The minimum atomic E-state index is -0.409. The molecule has 1 saturated heterocycles. The van der Waals surface area contributed by atoms with Gasteiger partial charge in [0.2, 0.25) is 0 Å². The Balaban J connectivity index is 2.41. The van der Waals surface area contributed by atoms with E-state index in [0.717, 1.165) is 11.2 Å². The van der Waals surface area contributed by atoms with Crippen molar-refractivity contribution < 1.29 is 14.0 Å². The lowest BCUT2D eigenvalue weighted by Gasteiger charge is -2.32. The van der Waals surface area contributed by atoms with Crippen LogP contribution >= 0.6 is 0 Å². The molecule has 0 bridgehead atoms. The molecule has 0 spiro atoms. The van der Waals surface area contributed by atoms with Crippen molar-refractivity contribution in [2.24, 2.45) is 0 Å². The topological polar surface area (TPSA) is 45.5 Å². The van der Waals surface area contributed by atoms with E-state index in [9.17, 15) is 0 Å². The van der Waals surface area contributed by atoms with Gasteiger partial charge in [-0.25, -0.2) is 0 Å². The molecule has 1 aromatic rings. The molecule has 0 aliphatic carbocycles. The number of hydrogen-bond donors (Lipinski definition) is 0. The van der Waals surface area contributed by atoms with Crippen molar-refractivity contribution in [3.05, 3.63) is 11.8 Å². The van der Waals surface area contributed by atoms with E-state index in [1.54, 1.807) is 7.11 Å². The lowest BCUT2D eigenvalue weighted by Crippen LogP contribution is -2.48. The molecule has 0 N–H and O–H groups in total. The first-order valence-electron chi connectivity index (χ1n) is 7.41. The molecule has 0 saturated carbocycles. The second-order valence-electron chi connectivity index (χ2n) is 7.46. The maximum atomic E-state index is 6.18. The number of aromatic nitrogens is 2. The van der Waals surface area contributed by atoms with E-state index in [4.69, 9.17) is 14.0 Å². The summed E-state index contributed by atoms with van der Waals surface area (Å²) in [5, 5.41) is 4.52. The molecule has 0 radical (unpaired) electrons. The second kappa shape index (κ2) is 5.11. The molecule has 1 aromatic heterocycles. The third kappa shape index (κ3) is 2.76. The number of methoxy groups -OCH3 is 1. The van der Waals surface area contributed by atoms with Crippen LogP contribution in [0.15, 0.2) is 6.20 Å². The van der Waals surface area contributed by atoms with Crippen molar-refractivity contribution in [2.45, 2.75) is 65.2 Å². The van der Waals surface area contributed by atoms with Crippen LogP contribution in [0.3, 0.4) is 0 Å². The summed E-state index contributed by atoms with van der Waals surface area (Å²) in [6, 6.07) is 0. The fourth-order valence-corrected chi connectivity index (χ4v) is 2.58. The van der Waals surface area contributed by atoms with Crippen LogP contribution in [0.1, 0.15) is 47.1 Å². The molecule has 118 valence electrons. The summed E-state index contributed by atoms with van der Waals surface area (Å²) in [6.07, 6.45) is 1.86. The summed E-state index contributed by atoms with van der Waals surface area (Å²) in [5.41, 5.74) is 1.06. The molecule has 1 aliphatic rings. The number of ether oxygens (including phenoxy) is 1. The van der Waals surface area contributed by atoms with Gasteiger partial charge < -0.3 is 14.0 Å². The van der Waals surface area contributed by atoms with Crippen molar-refractivity contribution >= 4 is 12.7 Å². The van der Waals surface area contributed by atoms with Gasteiger partial charge in [-0.3, -0.25) is 4.68 Å². The molecule has 1 aliphatic heterocycles. The predicted molar refractivity (Wildman–Crippen MR) is 83.9 cm³/mol. The van der Waals surface area contributed by atoms with Gasteiger partial charge in [0.15, 0.2) is 0 Å². The molecular weight excluding hydrogens is 267 g/mol. The van der Waals surface area contributed by atoms with Gasteiger partial charge in [0.1, 0.15) is 0 Å². The Hall–Kier alpha value is -0.845. The molecule has 0 atom stereocenters. The zero-order chi connectivity index (χ0) is 16.1. The lowest BCUT2D eigenvalue weighted by atomic mass is 9.81. The Morgan fingerprint density at radius 1 is 1.24 bits per heavy atom. The van der Waals surface area contributed by atoms with Crippen LogP contribution in [-0.4, -0.2) is 41.8 Å². The normalized spacial score (nSPS) is 21.0. The summed E-state index contributed by atoms with van der Waals surface area (Å²) < 4.78 is 19.7. The van der Waals surface area contributed by atoms with E-state index >= 15 is 0 Å². The van der Waals surface area contributed by atoms with Gasteiger partial charge in [0, 0.05) is 7.11 Å². The average molecular weight is 294 g/mol. The summed E-state index contributed by atoms with van der Waals surface area (Å²) in [4.78, 5) is 0. The average Bonchev–Trinajstić information content (AvgIpc) is 2.78. The smallest absolute Gasteiger partial charge is 0.398 e. The van der Waals surface area contributed by atoms with E-state index in [1.807, 2.05) is 17.8 Å². The molecule has 6 heteroatoms. The third-order valence-electron chi connectivity index (χ3n) is 4.55. The highest BCUT2D eigenvalue weighted by Gasteiger charge is 2.53. The fourth-order valence-electron chi connectivity index (χ4n) is 2.58. The molecule has 0 unspecified atom stereocenters. The summed E-state index contributed by atoms with van der Waals surface area (Å²) >= 11 is 0. The van der Waals surface area contributed by atoms with Gasteiger partial charge >= 0.3 is 7.12 Å². The number of nitrogens with zero attached hydrogens (tertiary/aromatic N) is 2. The highest BCUT2D eigenvalue weighted by molar-refractivity contribution is 6.61. The quantitative estimate of drug-likeness (QED) is 0.795. The van der Waals surface area contributed by atoms with Gasteiger partial charge in [0.25, 0.3) is 0 Å². The van der Waals surface area contributed by atoms with Gasteiger partial charge in [0.05, 0.1) is 35.1 Å². The first-order chi connectivity index (χ1) is 9.52. The van der Waals surface area contributed by atoms with Crippen LogP contribution in [0.2, 0.25) is 0 Å². The minimum absolute atomic E-state index is 0.262. The van der Waals surface area contributed by atoms with Gasteiger partial charge in [-0.1, -0.05) is 0 Å². The molecule has 0 aromatic carbocycles. The number of aryl methyl sites for hydroxylation is 1. The minimum Gasteiger partial charge on any atom is -0.398 e. The molecule has 0 amide bonds. The van der Waals surface area contributed by atoms with E-state index in [2.05, 4.69) is 46.6 Å². The van der Waals surface area contributed by atoms with Gasteiger partial charge in [-0.05, 0) is 54.0 Å². The third-order valence-corrected chi connectivity index (χ3v) is 4.55. The molecule has 1 fully saturated rings. The van der Waals surface area contributed by atoms with Crippen molar-refractivity contribution in [3.63, 3.8) is 0 Å². The second-order valence-corrected chi connectivity index (χ2v) is 7.46. The van der Waals surface area contributed by atoms with Crippen LogP contribution in [0.25, 0.3) is 0 Å². The standard InChI is InChI=1S/C15H27BN2O3/c1-11-9-17-18(13(2,3)10-19-8)12(11)16-20-14(4,5)15(6,7)21-16/h9H,10H2,1-8H3. The van der Waals surface area contributed by atoms with Gasteiger partial charge in [-0.2, -0.15) is 5.10 Å². The van der Waals surface area contributed by atoms with Crippen LogP contribution in [0.5, 0.6) is 0 Å². The monoisotopic (exact) mass is 294 g/mol. The number of hydrogen-bond acceptors (Lipinski definition) is 4. The van der Waals surface area contributed by atoms with E-state index in [0.29, 0.717) is 6.61 Å². The van der Waals surface area contributed by atoms with Crippen molar-refractivity contribution in [2.75, 3.05) is 13.7 Å². The molecule has 21 heavy (non-hydrogen) atoms. The van der Waals surface area contributed by atoms with E-state index in [-0.39, 0.29) is 16.7 Å². The Labute approximate surface area is 128 Å². The van der Waals surface area contributed by atoms with E-state index < -0.39 is 7.12 Å². The molecular formula is C15H27BN2O3. The molecule has 2 rings (SSSR count).